The van der Waals surface area contributed by atoms with Gasteiger partial charge in [0.2, 0.25) is 11.8 Å². The van der Waals surface area contributed by atoms with Gasteiger partial charge >= 0.3 is 6.18 Å². The van der Waals surface area contributed by atoms with Gasteiger partial charge in [0.05, 0.1) is 12.7 Å². The fourth-order valence-electron chi connectivity index (χ4n) is 5.71. The number of halogens is 4. The van der Waals surface area contributed by atoms with Crippen LogP contribution in [0.5, 0.6) is 5.75 Å². The zero-order valence-electron chi connectivity index (χ0n) is 22.7. The number of alkyl halides is 3. The van der Waals surface area contributed by atoms with E-state index in [2.05, 4.69) is 15.9 Å². The Bertz CT molecular complexity index is 1250. The number of likely N-dealkylation sites (N-methyl/N-ethyl adjacent to an activating group) is 1. The Labute approximate surface area is 240 Å². The van der Waals surface area contributed by atoms with Gasteiger partial charge in [-0.3, -0.25) is 14.4 Å². The minimum Gasteiger partial charge on any atom is -0.497 e. The van der Waals surface area contributed by atoms with Crippen LogP contribution in [0, 0.1) is 5.92 Å². The molecule has 40 heavy (non-hydrogen) atoms. The maximum absolute atomic E-state index is 13.5. The first kappa shape index (κ1) is 29.9. The number of hydrogen-bond donors (Lipinski definition) is 0. The summed E-state index contributed by atoms with van der Waals surface area (Å²) in [6, 6.07) is 10.3. The molecule has 0 N–H and O–H groups in total. The van der Waals surface area contributed by atoms with Gasteiger partial charge in [0.1, 0.15) is 5.75 Å². The molecular weight excluding hydrogens is 591 g/mol. The second kappa shape index (κ2) is 12.2. The van der Waals surface area contributed by atoms with Crippen molar-refractivity contribution in [2.45, 2.75) is 44.3 Å². The molecule has 0 aliphatic carbocycles. The number of likely N-dealkylation sites (tertiary alicyclic amines) is 2. The molecule has 0 saturated carbocycles. The summed E-state index contributed by atoms with van der Waals surface area (Å²) in [5, 5.41) is 0. The van der Waals surface area contributed by atoms with Gasteiger partial charge in [0.15, 0.2) is 0 Å². The van der Waals surface area contributed by atoms with Crippen molar-refractivity contribution in [1.82, 2.24) is 14.7 Å². The predicted octanol–water partition coefficient (Wildman–Crippen LogP) is 5.19. The topological polar surface area (TPSA) is 70.2 Å². The van der Waals surface area contributed by atoms with E-state index in [0.717, 1.165) is 17.7 Å². The van der Waals surface area contributed by atoms with E-state index in [0.29, 0.717) is 51.2 Å². The molecular formula is C29H33BrF3N3O4. The standard InChI is InChI=1S/C29H33BrF3N3O4/c1-18(37)35-11-8-20(9-12-35)28(39)36-13-10-26(25(17-36)19-4-6-24(40-3)7-5-19)34(2)27(38)21-14-22(29(31,32)33)16-23(30)15-21/h4-7,14-16,20,25-26H,8-13,17H2,1-3H3. The second-order valence-corrected chi connectivity index (χ2v) is 11.4. The SMILES string of the molecule is COc1ccc(C2CN(C(=O)C3CCN(C(C)=O)CC3)CCC2N(C)C(=O)c2cc(Br)cc(C(F)(F)F)c2)cc1. The first-order valence-electron chi connectivity index (χ1n) is 13.2. The maximum Gasteiger partial charge on any atom is 0.416 e. The minimum atomic E-state index is -4.59. The third-order valence-corrected chi connectivity index (χ3v) is 8.47. The number of methoxy groups -OCH3 is 1. The van der Waals surface area contributed by atoms with Crippen LogP contribution in [-0.2, 0) is 15.8 Å². The molecule has 2 unspecified atom stereocenters. The molecule has 4 rings (SSSR count). The van der Waals surface area contributed by atoms with Crippen molar-refractivity contribution >= 4 is 33.7 Å². The zero-order chi connectivity index (χ0) is 29.2. The molecule has 2 aromatic rings. The summed E-state index contributed by atoms with van der Waals surface area (Å²) in [6.45, 7) is 3.42. The molecule has 2 heterocycles. The summed E-state index contributed by atoms with van der Waals surface area (Å²) in [6.07, 6.45) is -2.91. The molecule has 2 aromatic carbocycles. The van der Waals surface area contributed by atoms with Crippen molar-refractivity contribution in [3.05, 3.63) is 63.6 Å². The summed E-state index contributed by atoms with van der Waals surface area (Å²) in [4.78, 5) is 43.8. The molecule has 11 heteroatoms. The Kier molecular flexibility index (Phi) is 9.12. The van der Waals surface area contributed by atoms with Gasteiger partial charge in [-0.1, -0.05) is 28.1 Å². The van der Waals surface area contributed by atoms with Crippen molar-refractivity contribution in [2.75, 3.05) is 40.3 Å². The van der Waals surface area contributed by atoms with Gasteiger partial charge in [-0.2, -0.15) is 13.2 Å². The summed E-state index contributed by atoms with van der Waals surface area (Å²) < 4.78 is 45.8. The molecule has 0 radical (unpaired) electrons. The fourth-order valence-corrected chi connectivity index (χ4v) is 6.21. The maximum atomic E-state index is 13.5. The fraction of sp³-hybridized carbons (Fsp3) is 0.483. The molecule has 2 atom stereocenters. The lowest BCUT2D eigenvalue weighted by Gasteiger charge is -2.44. The van der Waals surface area contributed by atoms with Crippen molar-refractivity contribution in [3.63, 3.8) is 0 Å². The van der Waals surface area contributed by atoms with Crippen LogP contribution >= 0.6 is 15.9 Å². The summed E-state index contributed by atoms with van der Waals surface area (Å²) in [5.41, 5.74) is -0.0606. The summed E-state index contributed by atoms with van der Waals surface area (Å²) in [7, 11) is 3.17. The second-order valence-electron chi connectivity index (χ2n) is 10.4. The van der Waals surface area contributed by atoms with Crippen LogP contribution in [0.4, 0.5) is 13.2 Å². The predicted molar refractivity (Wildman–Crippen MR) is 147 cm³/mol. The number of nitrogens with zero attached hydrogens (tertiary/aromatic N) is 3. The number of benzene rings is 2. The van der Waals surface area contributed by atoms with Crippen molar-refractivity contribution < 1.29 is 32.3 Å². The normalized spacial score (nSPS) is 20.3. The summed E-state index contributed by atoms with van der Waals surface area (Å²) in [5.74, 6) is -0.247. The quantitative estimate of drug-likeness (QED) is 0.460. The average molecular weight is 624 g/mol. The molecule has 0 aromatic heterocycles. The molecule has 0 spiro atoms. The molecule has 7 nitrogen and oxygen atoms in total. The Hall–Kier alpha value is -3.08. The van der Waals surface area contributed by atoms with Gasteiger partial charge in [0, 0.05) is 68.1 Å². The molecule has 0 bridgehead atoms. The van der Waals surface area contributed by atoms with Gasteiger partial charge in [-0.15, -0.1) is 0 Å². The smallest absolute Gasteiger partial charge is 0.416 e. The van der Waals surface area contributed by atoms with Crippen molar-refractivity contribution in [1.29, 1.82) is 0 Å². The van der Waals surface area contributed by atoms with Gasteiger partial charge in [0.25, 0.3) is 5.91 Å². The summed E-state index contributed by atoms with van der Waals surface area (Å²) >= 11 is 3.11. The molecule has 2 aliphatic heterocycles. The van der Waals surface area contributed by atoms with E-state index >= 15 is 0 Å². The highest BCUT2D eigenvalue weighted by Crippen LogP contribution is 2.36. The van der Waals surface area contributed by atoms with E-state index < -0.39 is 17.6 Å². The minimum absolute atomic E-state index is 0.00628. The van der Waals surface area contributed by atoms with Crippen molar-refractivity contribution in [2.24, 2.45) is 5.92 Å². The third-order valence-electron chi connectivity index (χ3n) is 8.01. The van der Waals surface area contributed by atoms with E-state index in [9.17, 15) is 27.6 Å². The number of rotatable bonds is 5. The van der Waals surface area contributed by atoms with E-state index in [1.807, 2.05) is 29.2 Å². The Morgan fingerprint density at radius 2 is 1.60 bits per heavy atom. The van der Waals surface area contributed by atoms with Gasteiger partial charge in [-0.25, -0.2) is 0 Å². The highest BCUT2D eigenvalue weighted by atomic mass is 79.9. The first-order chi connectivity index (χ1) is 18.9. The van der Waals surface area contributed by atoms with Gasteiger partial charge < -0.3 is 19.4 Å². The highest BCUT2D eigenvalue weighted by Gasteiger charge is 2.39. The lowest BCUT2D eigenvalue weighted by Crippen LogP contribution is -2.53. The first-order valence-corrected chi connectivity index (χ1v) is 14.0. The van der Waals surface area contributed by atoms with Crippen LogP contribution in [0.1, 0.15) is 53.6 Å². The Balaban J connectivity index is 1.57. The largest absolute Gasteiger partial charge is 0.497 e. The molecule has 2 saturated heterocycles. The lowest BCUT2D eigenvalue weighted by atomic mass is 9.83. The number of hydrogen-bond acceptors (Lipinski definition) is 4. The third kappa shape index (κ3) is 6.62. The molecule has 3 amide bonds. The van der Waals surface area contributed by atoms with Gasteiger partial charge in [-0.05, 0) is 55.2 Å². The van der Waals surface area contributed by atoms with Crippen LogP contribution < -0.4 is 4.74 Å². The van der Waals surface area contributed by atoms with E-state index in [-0.39, 0.29) is 39.7 Å². The Morgan fingerprint density at radius 1 is 0.975 bits per heavy atom. The zero-order valence-corrected chi connectivity index (χ0v) is 24.3. The molecule has 2 aliphatic rings. The lowest BCUT2D eigenvalue weighted by molar-refractivity contribution is -0.141. The number of ether oxygens (including phenoxy) is 1. The number of amides is 3. The number of carbonyl (C=O) groups is 3. The monoisotopic (exact) mass is 623 g/mol. The van der Waals surface area contributed by atoms with E-state index in [1.54, 1.807) is 19.1 Å². The van der Waals surface area contributed by atoms with Crippen LogP contribution in [0.15, 0.2) is 46.9 Å². The average Bonchev–Trinajstić information content (AvgIpc) is 2.95. The number of piperidine rings is 2. The van der Waals surface area contributed by atoms with Crippen molar-refractivity contribution in [3.8, 4) is 5.75 Å². The number of carbonyl (C=O) groups excluding carboxylic acids is 3. The van der Waals surface area contributed by atoms with E-state index in [4.69, 9.17) is 4.74 Å². The van der Waals surface area contributed by atoms with E-state index in [1.165, 1.54) is 17.9 Å². The highest BCUT2D eigenvalue weighted by molar-refractivity contribution is 9.10. The molecule has 2 fully saturated rings. The Morgan fingerprint density at radius 3 is 2.17 bits per heavy atom. The molecule has 216 valence electrons. The van der Waals surface area contributed by atoms with Crippen LogP contribution in [0.3, 0.4) is 0 Å². The van der Waals surface area contributed by atoms with Crippen LogP contribution in [0.2, 0.25) is 0 Å². The van der Waals surface area contributed by atoms with Crippen LogP contribution in [-0.4, -0.2) is 78.8 Å². The van der Waals surface area contributed by atoms with Crippen LogP contribution in [0.25, 0.3) is 0 Å².